The number of benzene rings is 3. The smallest absolute Gasteiger partial charge is 0.255 e. The molecule has 0 atom stereocenters. The van der Waals surface area contributed by atoms with Gasteiger partial charge in [-0.15, -0.1) is 0 Å². The maximum absolute atomic E-state index is 12.4. The molecule has 5 heteroatoms. The van der Waals surface area contributed by atoms with Gasteiger partial charge in [-0.1, -0.05) is 48.5 Å². The van der Waals surface area contributed by atoms with Crippen LogP contribution in [0.1, 0.15) is 15.9 Å². The monoisotopic (exact) mass is 415 g/mol. The minimum absolute atomic E-state index is 0.0796. The third kappa shape index (κ3) is 6.41. The molecule has 3 aromatic rings. The van der Waals surface area contributed by atoms with E-state index in [0.717, 1.165) is 57.3 Å². The number of para-hydroxylation sites is 2. The molecule has 0 spiro atoms. The van der Waals surface area contributed by atoms with Crippen molar-refractivity contribution in [2.45, 2.75) is 6.54 Å². The van der Waals surface area contributed by atoms with Gasteiger partial charge in [0.1, 0.15) is 12.4 Å². The van der Waals surface area contributed by atoms with E-state index in [2.05, 4.69) is 27.2 Å². The lowest BCUT2D eigenvalue weighted by Crippen LogP contribution is -2.47. The van der Waals surface area contributed by atoms with Crippen molar-refractivity contribution in [3.63, 3.8) is 0 Å². The number of nitrogens with zero attached hydrogens (tertiary/aromatic N) is 2. The van der Waals surface area contributed by atoms with E-state index in [-0.39, 0.29) is 5.91 Å². The van der Waals surface area contributed by atoms with E-state index in [0.29, 0.717) is 5.56 Å². The summed E-state index contributed by atoms with van der Waals surface area (Å²) in [6, 6.07) is 27.4. The fourth-order valence-corrected chi connectivity index (χ4v) is 3.72. The molecule has 1 amide bonds. The van der Waals surface area contributed by atoms with E-state index in [4.69, 9.17) is 4.74 Å². The number of hydrogen-bond acceptors (Lipinski definition) is 4. The predicted octanol–water partition coefficient (Wildman–Crippen LogP) is 4.14. The van der Waals surface area contributed by atoms with Gasteiger partial charge in [-0.3, -0.25) is 14.6 Å². The Morgan fingerprint density at radius 2 is 1.39 bits per heavy atom. The molecule has 1 N–H and O–H groups in total. The van der Waals surface area contributed by atoms with Crippen LogP contribution in [0.25, 0.3) is 0 Å². The summed E-state index contributed by atoms with van der Waals surface area (Å²) in [6.45, 7) is 6.77. The average Bonchev–Trinajstić information content (AvgIpc) is 2.82. The quantitative estimate of drug-likeness (QED) is 0.601. The van der Waals surface area contributed by atoms with Crippen LogP contribution in [-0.4, -0.2) is 55.0 Å². The van der Waals surface area contributed by atoms with Gasteiger partial charge in [-0.25, -0.2) is 0 Å². The standard InChI is InChI=1S/C26H29N3O2/c30-26(27-24-7-3-1-4-8-24)23-13-11-22(12-14-23)21-29-17-15-28(16-18-29)19-20-31-25-9-5-2-6-10-25/h1-14H,15-21H2,(H,27,30). The van der Waals surface area contributed by atoms with Crippen LogP contribution in [0.2, 0.25) is 0 Å². The fraction of sp³-hybridized carbons (Fsp3) is 0.269. The summed E-state index contributed by atoms with van der Waals surface area (Å²) in [6.07, 6.45) is 0. The summed E-state index contributed by atoms with van der Waals surface area (Å²) < 4.78 is 5.81. The Morgan fingerprint density at radius 3 is 2.06 bits per heavy atom. The van der Waals surface area contributed by atoms with Gasteiger partial charge >= 0.3 is 0 Å². The second-order valence-electron chi connectivity index (χ2n) is 7.80. The van der Waals surface area contributed by atoms with Crippen molar-refractivity contribution in [1.82, 2.24) is 9.80 Å². The zero-order valence-electron chi connectivity index (χ0n) is 17.7. The van der Waals surface area contributed by atoms with Gasteiger partial charge in [-0.2, -0.15) is 0 Å². The number of amides is 1. The Balaban J connectivity index is 1.18. The second kappa shape index (κ2) is 10.8. The molecule has 0 aliphatic carbocycles. The van der Waals surface area contributed by atoms with E-state index < -0.39 is 0 Å². The first-order valence-corrected chi connectivity index (χ1v) is 10.8. The highest BCUT2D eigenvalue weighted by Gasteiger charge is 2.17. The van der Waals surface area contributed by atoms with Crippen LogP contribution in [0.5, 0.6) is 5.75 Å². The summed E-state index contributed by atoms with van der Waals surface area (Å²) >= 11 is 0. The van der Waals surface area contributed by atoms with Crippen molar-refractivity contribution in [2.24, 2.45) is 0 Å². The van der Waals surface area contributed by atoms with Crippen LogP contribution >= 0.6 is 0 Å². The van der Waals surface area contributed by atoms with E-state index in [9.17, 15) is 4.79 Å². The van der Waals surface area contributed by atoms with Crippen LogP contribution < -0.4 is 10.1 Å². The molecule has 160 valence electrons. The van der Waals surface area contributed by atoms with Gasteiger partial charge in [-0.05, 0) is 42.0 Å². The number of carbonyl (C=O) groups is 1. The largest absolute Gasteiger partial charge is 0.492 e. The SMILES string of the molecule is O=C(Nc1ccccc1)c1ccc(CN2CCN(CCOc3ccccc3)CC2)cc1. The first-order chi connectivity index (χ1) is 15.3. The van der Waals surface area contributed by atoms with Crippen molar-refractivity contribution in [1.29, 1.82) is 0 Å². The van der Waals surface area contributed by atoms with Crippen molar-refractivity contribution in [2.75, 3.05) is 44.6 Å². The van der Waals surface area contributed by atoms with Gasteiger partial charge in [0.2, 0.25) is 0 Å². The minimum atomic E-state index is -0.0796. The first-order valence-electron chi connectivity index (χ1n) is 10.8. The van der Waals surface area contributed by atoms with Gasteiger partial charge in [0.05, 0.1) is 0 Å². The number of rotatable bonds is 8. The second-order valence-corrected chi connectivity index (χ2v) is 7.80. The molecular formula is C26H29N3O2. The Bertz CT molecular complexity index is 937. The zero-order valence-corrected chi connectivity index (χ0v) is 17.7. The summed E-state index contributed by atoms with van der Waals surface area (Å²) in [4.78, 5) is 17.3. The third-order valence-electron chi connectivity index (χ3n) is 5.54. The number of piperazine rings is 1. The maximum atomic E-state index is 12.4. The normalized spacial score (nSPS) is 14.8. The Hall–Kier alpha value is -3.15. The van der Waals surface area contributed by atoms with Crippen molar-refractivity contribution >= 4 is 11.6 Å². The lowest BCUT2D eigenvalue weighted by molar-refractivity contribution is 0.102. The highest BCUT2D eigenvalue weighted by molar-refractivity contribution is 6.04. The Labute approximate surface area is 184 Å². The molecule has 3 aromatic carbocycles. The molecule has 0 aromatic heterocycles. The molecule has 0 saturated carbocycles. The fourth-order valence-electron chi connectivity index (χ4n) is 3.72. The number of hydrogen-bond donors (Lipinski definition) is 1. The van der Waals surface area contributed by atoms with E-state index in [1.54, 1.807) is 0 Å². The van der Waals surface area contributed by atoms with Crippen LogP contribution in [0.4, 0.5) is 5.69 Å². The topological polar surface area (TPSA) is 44.8 Å². The molecule has 1 saturated heterocycles. The summed E-state index contributed by atoms with van der Waals surface area (Å²) in [7, 11) is 0. The number of anilines is 1. The Kier molecular flexibility index (Phi) is 7.32. The van der Waals surface area contributed by atoms with Crippen molar-refractivity contribution in [3.8, 4) is 5.75 Å². The summed E-state index contributed by atoms with van der Waals surface area (Å²) in [5.74, 6) is 0.853. The van der Waals surface area contributed by atoms with Gasteiger partial charge < -0.3 is 10.1 Å². The molecule has 4 rings (SSSR count). The summed E-state index contributed by atoms with van der Waals surface area (Å²) in [5, 5.41) is 2.93. The average molecular weight is 416 g/mol. The van der Waals surface area contributed by atoms with Crippen molar-refractivity contribution < 1.29 is 9.53 Å². The minimum Gasteiger partial charge on any atom is -0.492 e. The number of nitrogens with one attached hydrogen (secondary N) is 1. The first kappa shape index (κ1) is 21.1. The Morgan fingerprint density at radius 1 is 0.774 bits per heavy atom. The number of ether oxygens (including phenoxy) is 1. The highest BCUT2D eigenvalue weighted by Crippen LogP contribution is 2.13. The molecule has 31 heavy (non-hydrogen) atoms. The molecule has 1 aliphatic rings. The van der Waals surface area contributed by atoms with Crippen LogP contribution in [0, 0.1) is 0 Å². The van der Waals surface area contributed by atoms with Crippen LogP contribution in [0.3, 0.4) is 0 Å². The lowest BCUT2D eigenvalue weighted by atomic mass is 10.1. The zero-order chi connectivity index (χ0) is 21.3. The molecule has 0 radical (unpaired) electrons. The molecule has 0 bridgehead atoms. The van der Waals surface area contributed by atoms with Crippen molar-refractivity contribution in [3.05, 3.63) is 96.1 Å². The van der Waals surface area contributed by atoms with E-state index >= 15 is 0 Å². The lowest BCUT2D eigenvalue weighted by Gasteiger charge is -2.34. The van der Waals surface area contributed by atoms with Gasteiger partial charge in [0, 0.05) is 50.5 Å². The molecule has 1 aliphatic heterocycles. The van der Waals surface area contributed by atoms with Crippen LogP contribution in [-0.2, 0) is 6.54 Å². The third-order valence-corrected chi connectivity index (χ3v) is 5.54. The molecule has 5 nitrogen and oxygen atoms in total. The molecule has 0 unspecified atom stereocenters. The number of carbonyl (C=O) groups excluding carboxylic acids is 1. The van der Waals surface area contributed by atoms with E-state index in [1.165, 1.54) is 5.56 Å². The predicted molar refractivity (Wildman–Crippen MR) is 124 cm³/mol. The highest BCUT2D eigenvalue weighted by atomic mass is 16.5. The summed E-state index contributed by atoms with van der Waals surface area (Å²) in [5.41, 5.74) is 2.72. The van der Waals surface area contributed by atoms with Gasteiger partial charge in [0.15, 0.2) is 0 Å². The van der Waals surface area contributed by atoms with E-state index in [1.807, 2.05) is 72.8 Å². The van der Waals surface area contributed by atoms with Gasteiger partial charge in [0.25, 0.3) is 5.91 Å². The maximum Gasteiger partial charge on any atom is 0.255 e. The molecule has 1 heterocycles. The van der Waals surface area contributed by atoms with Crippen LogP contribution in [0.15, 0.2) is 84.9 Å². The molecule has 1 fully saturated rings. The molecular weight excluding hydrogens is 386 g/mol.